The van der Waals surface area contributed by atoms with Gasteiger partial charge in [0.2, 0.25) is 5.91 Å². The molecule has 2 unspecified atom stereocenters. The monoisotopic (exact) mass is 489 g/mol. The van der Waals surface area contributed by atoms with Crippen molar-refractivity contribution in [2.24, 2.45) is 0 Å². The molecule has 0 aliphatic carbocycles. The SMILES string of the molecule is O=C(CCc1cccc(OCc2ccccc2)c1)N1C2CCC1CC(S(=O)(=O)c1ccccc1)C2. The van der Waals surface area contributed by atoms with Crippen molar-refractivity contribution in [3.05, 3.63) is 96.1 Å². The van der Waals surface area contributed by atoms with Gasteiger partial charge in [-0.2, -0.15) is 0 Å². The van der Waals surface area contributed by atoms with Crippen molar-refractivity contribution in [3.63, 3.8) is 0 Å². The van der Waals surface area contributed by atoms with Crippen LogP contribution < -0.4 is 4.74 Å². The quantitative estimate of drug-likeness (QED) is 0.437. The number of sulfone groups is 1. The maximum Gasteiger partial charge on any atom is 0.223 e. The lowest BCUT2D eigenvalue weighted by molar-refractivity contribution is -0.135. The minimum absolute atomic E-state index is 0.0188. The molecular weight excluding hydrogens is 458 g/mol. The van der Waals surface area contributed by atoms with Crippen molar-refractivity contribution in [3.8, 4) is 5.75 Å². The Hall–Kier alpha value is -3.12. The number of piperidine rings is 1. The van der Waals surface area contributed by atoms with Crippen LogP contribution in [0.4, 0.5) is 0 Å². The summed E-state index contributed by atoms with van der Waals surface area (Å²) in [5.74, 6) is 0.925. The Bertz CT molecular complexity index is 1250. The van der Waals surface area contributed by atoms with Gasteiger partial charge in [0.05, 0.1) is 10.1 Å². The van der Waals surface area contributed by atoms with Gasteiger partial charge in [-0.15, -0.1) is 0 Å². The highest BCUT2D eigenvalue weighted by molar-refractivity contribution is 7.92. The van der Waals surface area contributed by atoms with Crippen molar-refractivity contribution in [1.29, 1.82) is 0 Å². The number of amides is 1. The Labute approximate surface area is 207 Å². The number of benzene rings is 3. The van der Waals surface area contributed by atoms with Crippen molar-refractivity contribution in [2.75, 3.05) is 0 Å². The Kier molecular flexibility index (Phi) is 6.91. The van der Waals surface area contributed by atoms with Crippen LogP contribution in [0.1, 0.15) is 43.2 Å². The molecule has 2 aliphatic rings. The van der Waals surface area contributed by atoms with Crippen molar-refractivity contribution < 1.29 is 17.9 Å². The van der Waals surface area contributed by atoms with E-state index in [1.807, 2.05) is 65.6 Å². The predicted molar refractivity (Wildman–Crippen MR) is 136 cm³/mol. The molecule has 0 saturated carbocycles. The minimum atomic E-state index is -3.37. The van der Waals surface area contributed by atoms with Crippen LogP contribution in [-0.4, -0.2) is 36.6 Å². The van der Waals surface area contributed by atoms with Gasteiger partial charge >= 0.3 is 0 Å². The first-order valence-corrected chi connectivity index (χ1v) is 13.9. The lowest BCUT2D eigenvalue weighted by Gasteiger charge is -2.38. The number of carbonyl (C=O) groups excluding carboxylic acids is 1. The first-order valence-electron chi connectivity index (χ1n) is 12.4. The molecule has 0 aromatic heterocycles. The van der Waals surface area contributed by atoms with Crippen LogP contribution in [0.15, 0.2) is 89.8 Å². The molecule has 35 heavy (non-hydrogen) atoms. The van der Waals surface area contributed by atoms with E-state index in [1.165, 1.54) is 0 Å². The van der Waals surface area contributed by atoms with Crippen molar-refractivity contribution in [2.45, 2.75) is 67.4 Å². The average molecular weight is 490 g/mol. The minimum Gasteiger partial charge on any atom is -0.489 e. The Morgan fingerprint density at radius 3 is 2.14 bits per heavy atom. The summed E-state index contributed by atoms with van der Waals surface area (Å²) in [6, 6.07) is 26.7. The number of aryl methyl sites for hydroxylation is 1. The van der Waals surface area contributed by atoms with Crippen LogP contribution >= 0.6 is 0 Å². The van der Waals surface area contributed by atoms with Crippen LogP contribution in [0.5, 0.6) is 5.75 Å². The van der Waals surface area contributed by atoms with Crippen LogP contribution in [0.3, 0.4) is 0 Å². The van der Waals surface area contributed by atoms with Crippen LogP contribution in [0, 0.1) is 0 Å². The first-order chi connectivity index (χ1) is 17.0. The number of hydrogen-bond acceptors (Lipinski definition) is 4. The largest absolute Gasteiger partial charge is 0.489 e. The molecule has 0 radical (unpaired) electrons. The Balaban J connectivity index is 1.18. The highest BCUT2D eigenvalue weighted by Crippen LogP contribution is 2.40. The van der Waals surface area contributed by atoms with Crippen molar-refractivity contribution >= 4 is 15.7 Å². The highest BCUT2D eigenvalue weighted by atomic mass is 32.2. The molecule has 5 nitrogen and oxygen atoms in total. The molecule has 6 heteroatoms. The summed E-state index contributed by atoms with van der Waals surface area (Å²) in [7, 11) is -3.37. The second-order valence-corrected chi connectivity index (χ2v) is 11.8. The number of fused-ring (bicyclic) bond motifs is 2. The molecule has 3 aromatic carbocycles. The van der Waals surface area contributed by atoms with Crippen LogP contribution in [0.25, 0.3) is 0 Å². The average Bonchev–Trinajstić information content (AvgIpc) is 3.16. The Morgan fingerprint density at radius 2 is 1.46 bits per heavy atom. The molecule has 2 bridgehead atoms. The first kappa shape index (κ1) is 23.6. The summed E-state index contributed by atoms with van der Waals surface area (Å²) in [6.07, 6.45) is 3.90. The lowest BCUT2D eigenvalue weighted by Crippen LogP contribution is -2.49. The zero-order chi connectivity index (χ0) is 24.3. The molecule has 2 aliphatic heterocycles. The standard InChI is InChI=1S/C29H31NO4S/c31-29(17-14-22-10-7-11-26(18-22)34-21-23-8-3-1-4-9-23)30-24-15-16-25(30)20-28(19-24)35(32,33)27-12-5-2-6-13-27/h1-13,18,24-25,28H,14-17,19-21H2. The number of rotatable bonds is 8. The molecule has 2 atom stereocenters. The second-order valence-electron chi connectivity index (χ2n) is 9.56. The maximum atomic E-state index is 13.2. The zero-order valence-corrected chi connectivity index (χ0v) is 20.6. The molecule has 0 N–H and O–H groups in total. The normalized spacial score (nSPS) is 21.6. The topological polar surface area (TPSA) is 63.7 Å². The molecule has 2 fully saturated rings. The summed E-state index contributed by atoms with van der Waals surface area (Å²) in [5.41, 5.74) is 2.18. The predicted octanol–water partition coefficient (Wildman–Crippen LogP) is 5.19. The second kappa shape index (κ2) is 10.2. The number of hydrogen-bond donors (Lipinski definition) is 0. The fourth-order valence-electron chi connectivity index (χ4n) is 5.50. The summed E-state index contributed by atoms with van der Waals surface area (Å²) in [5, 5.41) is -0.412. The summed E-state index contributed by atoms with van der Waals surface area (Å²) < 4.78 is 32.2. The summed E-state index contributed by atoms with van der Waals surface area (Å²) in [6.45, 7) is 0.507. The van der Waals surface area contributed by atoms with Gasteiger partial charge in [0.25, 0.3) is 0 Å². The van der Waals surface area contributed by atoms with Gasteiger partial charge < -0.3 is 9.64 Å². The Morgan fingerprint density at radius 1 is 0.829 bits per heavy atom. The van der Waals surface area contributed by atoms with E-state index in [4.69, 9.17) is 4.74 Å². The molecule has 0 spiro atoms. The van der Waals surface area contributed by atoms with E-state index in [1.54, 1.807) is 24.3 Å². The van der Waals surface area contributed by atoms with Gasteiger partial charge in [-0.1, -0.05) is 60.7 Å². The molecule has 182 valence electrons. The van der Waals surface area contributed by atoms with E-state index in [0.29, 0.717) is 37.2 Å². The summed E-state index contributed by atoms with van der Waals surface area (Å²) in [4.78, 5) is 15.6. The van der Waals surface area contributed by atoms with Crippen molar-refractivity contribution in [1.82, 2.24) is 4.90 Å². The third-order valence-corrected chi connectivity index (χ3v) is 9.45. The zero-order valence-electron chi connectivity index (χ0n) is 19.8. The molecular formula is C29H31NO4S. The molecule has 2 saturated heterocycles. The smallest absolute Gasteiger partial charge is 0.223 e. The van der Waals surface area contributed by atoms with Gasteiger partial charge in [0.15, 0.2) is 9.84 Å². The van der Waals surface area contributed by atoms with E-state index >= 15 is 0 Å². The van der Waals surface area contributed by atoms with E-state index in [0.717, 1.165) is 29.7 Å². The third-order valence-electron chi connectivity index (χ3n) is 7.26. The van der Waals surface area contributed by atoms with Gasteiger partial charge in [-0.3, -0.25) is 4.79 Å². The molecule has 1 amide bonds. The van der Waals surface area contributed by atoms with E-state index < -0.39 is 15.1 Å². The third kappa shape index (κ3) is 5.27. The highest BCUT2D eigenvalue weighted by Gasteiger charge is 2.46. The van der Waals surface area contributed by atoms with E-state index in [9.17, 15) is 13.2 Å². The van der Waals surface area contributed by atoms with Gasteiger partial charge in [0, 0.05) is 18.5 Å². The van der Waals surface area contributed by atoms with Gasteiger partial charge in [0.1, 0.15) is 12.4 Å². The summed E-state index contributed by atoms with van der Waals surface area (Å²) >= 11 is 0. The lowest BCUT2D eigenvalue weighted by atomic mass is 10.0. The van der Waals surface area contributed by atoms with Gasteiger partial charge in [-0.05, 0) is 67.5 Å². The number of carbonyl (C=O) groups is 1. The fourth-order valence-corrected chi connectivity index (χ4v) is 7.37. The van der Waals surface area contributed by atoms with Gasteiger partial charge in [-0.25, -0.2) is 8.42 Å². The number of ether oxygens (including phenoxy) is 1. The van der Waals surface area contributed by atoms with Crippen LogP contribution in [-0.2, 0) is 27.7 Å². The fraction of sp³-hybridized carbons (Fsp3) is 0.345. The van der Waals surface area contributed by atoms with E-state index in [2.05, 4.69) is 0 Å². The maximum absolute atomic E-state index is 13.2. The van der Waals surface area contributed by atoms with E-state index in [-0.39, 0.29) is 18.0 Å². The molecule has 3 aromatic rings. The molecule has 5 rings (SSSR count). The molecule has 2 heterocycles. The van der Waals surface area contributed by atoms with Crippen LogP contribution in [0.2, 0.25) is 0 Å². The number of nitrogens with zero attached hydrogens (tertiary/aromatic N) is 1.